The second-order valence-electron chi connectivity index (χ2n) is 6.82. The minimum atomic E-state index is -0.837. The third kappa shape index (κ3) is 3.65. The Morgan fingerprint density at radius 1 is 1.27 bits per heavy atom. The number of ether oxygens (including phenoxy) is 2. The Hall–Kier alpha value is -1.04. The molecule has 0 aromatic heterocycles. The SMILES string of the molecule is C/C=C/C(=O)C[C@@H](O)[C@]1(C)CC[C@@H]2O[C@@](C)(C=O)CC[C@H]2O1. The number of carbonyl (C=O) groups excluding carboxylic acids is 2. The van der Waals surface area contributed by atoms with Crippen LogP contribution in [0.1, 0.15) is 52.9 Å². The van der Waals surface area contributed by atoms with Crippen LogP contribution >= 0.6 is 0 Å². The van der Waals surface area contributed by atoms with Crippen molar-refractivity contribution in [2.45, 2.75) is 82.4 Å². The van der Waals surface area contributed by atoms with Gasteiger partial charge in [0.05, 0.1) is 23.9 Å². The number of rotatable bonds is 5. The first kappa shape index (κ1) is 17.3. The van der Waals surface area contributed by atoms with E-state index in [4.69, 9.17) is 9.47 Å². The van der Waals surface area contributed by atoms with Gasteiger partial charge >= 0.3 is 0 Å². The molecule has 0 aromatic carbocycles. The molecule has 124 valence electrons. The van der Waals surface area contributed by atoms with Gasteiger partial charge in [0, 0.05) is 6.42 Å². The van der Waals surface area contributed by atoms with E-state index in [0.29, 0.717) is 12.8 Å². The minimum absolute atomic E-state index is 0.0607. The molecule has 2 fully saturated rings. The first-order valence-corrected chi connectivity index (χ1v) is 7.97. The number of hydrogen-bond acceptors (Lipinski definition) is 5. The quantitative estimate of drug-likeness (QED) is 0.621. The molecule has 22 heavy (non-hydrogen) atoms. The Kier molecular flexibility index (Phi) is 5.20. The highest BCUT2D eigenvalue weighted by atomic mass is 16.6. The van der Waals surface area contributed by atoms with Crippen LogP contribution in [0.5, 0.6) is 0 Å². The maximum Gasteiger partial charge on any atom is 0.158 e. The summed E-state index contributed by atoms with van der Waals surface area (Å²) >= 11 is 0. The predicted molar refractivity (Wildman–Crippen MR) is 81.5 cm³/mol. The van der Waals surface area contributed by atoms with Crippen molar-refractivity contribution in [1.82, 2.24) is 0 Å². The molecule has 0 bridgehead atoms. The van der Waals surface area contributed by atoms with E-state index in [1.807, 2.05) is 6.92 Å². The lowest BCUT2D eigenvalue weighted by Gasteiger charge is -2.49. The Balaban J connectivity index is 1.99. The molecule has 5 atom stereocenters. The smallest absolute Gasteiger partial charge is 0.158 e. The van der Waals surface area contributed by atoms with Crippen LogP contribution < -0.4 is 0 Å². The van der Waals surface area contributed by atoms with Crippen molar-refractivity contribution in [1.29, 1.82) is 0 Å². The van der Waals surface area contributed by atoms with Gasteiger partial charge in [-0.2, -0.15) is 0 Å². The van der Waals surface area contributed by atoms with Crippen LogP contribution in [0.4, 0.5) is 0 Å². The molecule has 1 N–H and O–H groups in total. The molecule has 0 unspecified atom stereocenters. The fraction of sp³-hybridized carbons (Fsp3) is 0.765. The summed E-state index contributed by atoms with van der Waals surface area (Å²) in [4.78, 5) is 22.8. The number of carbonyl (C=O) groups is 2. The molecule has 5 heteroatoms. The van der Waals surface area contributed by atoms with Gasteiger partial charge in [-0.05, 0) is 52.5 Å². The molecule has 0 aliphatic carbocycles. The molecular formula is C17H26O5. The van der Waals surface area contributed by atoms with Gasteiger partial charge in [0.1, 0.15) is 5.60 Å². The van der Waals surface area contributed by atoms with Crippen molar-refractivity contribution in [2.24, 2.45) is 0 Å². The molecule has 0 aromatic rings. The summed E-state index contributed by atoms with van der Waals surface area (Å²) in [6.07, 6.45) is 5.65. The average Bonchev–Trinajstić information content (AvgIpc) is 2.48. The third-order valence-corrected chi connectivity index (χ3v) is 4.81. The summed E-state index contributed by atoms with van der Waals surface area (Å²) in [7, 11) is 0. The van der Waals surface area contributed by atoms with E-state index in [9.17, 15) is 14.7 Å². The normalized spacial score (nSPS) is 40.2. The molecule has 0 amide bonds. The standard InChI is InChI=1S/C17H26O5/c1-4-5-12(19)10-15(20)17(3)9-7-13-14(22-17)6-8-16(2,11-18)21-13/h4-5,11,13-15,20H,6-10H2,1-3H3/b5-4+/t13-,14+,15+,16+,17-/m0/s1. The lowest BCUT2D eigenvalue weighted by atomic mass is 9.81. The average molecular weight is 310 g/mol. The fourth-order valence-electron chi connectivity index (χ4n) is 3.30. The molecule has 0 saturated carbocycles. The largest absolute Gasteiger partial charge is 0.390 e. The zero-order chi connectivity index (χ0) is 16.4. The fourth-order valence-corrected chi connectivity index (χ4v) is 3.30. The first-order valence-electron chi connectivity index (χ1n) is 7.97. The number of aliphatic hydroxyl groups excluding tert-OH is 1. The van der Waals surface area contributed by atoms with Crippen LogP contribution in [0.25, 0.3) is 0 Å². The highest BCUT2D eigenvalue weighted by Crippen LogP contribution is 2.40. The van der Waals surface area contributed by atoms with E-state index in [0.717, 1.165) is 19.1 Å². The summed E-state index contributed by atoms with van der Waals surface area (Å²) in [5.41, 5.74) is -1.46. The summed E-state index contributed by atoms with van der Waals surface area (Å²) in [6.45, 7) is 5.43. The number of aldehydes is 1. The molecule has 2 aliphatic rings. The second kappa shape index (κ2) is 6.60. The third-order valence-electron chi connectivity index (χ3n) is 4.81. The van der Waals surface area contributed by atoms with Gasteiger partial charge in [0.25, 0.3) is 0 Å². The van der Waals surface area contributed by atoms with Gasteiger partial charge in [-0.15, -0.1) is 0 Å². The summed E-state index contributed by atoms with van der Waals surface area (Å²) in [5.74, 6) is -0.102. The predicted octanol–water partition coefficient (Wildman–Crippen LogP) is 1.96. The van der Waals surface area contributed by atoms with Crippen molar-refractivity contribution in [3.8, 4) is 0 Å². The minimum Gasteiger partial charge on any atom is -0.390 e. The summed E-state index contributed by atoms with van der Waals surface area (Å²) in [5, 5.41) is 10.4. The van der Waals surface area contributed by atoms with Crippen molar-refractivity contribution >= 4 is 12.1 Å². The maximum absolute atomic E-state index is 11.7. The highest BCUT2D eigenvalue weighted by molar-refractivity contribution is 5.89. The van der Waals surface area contributed by atoms with Gasteiger partial charge in [-0.3, -0.25) is 4.79 Å². The molecule has 2 aliphatic heterocycles. The van der Waals surface area contributed by atoms with Gasteiger partial charge in [-0.25, -0.2) is 0 Å². The van der Waals surface area contributed by atoms with E-state index in [-0.39, 0.29) is 24.4 Å². The molecular weight excluding hydrogens is 284 g/mol. The zero-order valence-corrected chi connectivity index (χ0v) is 13.6. The van der Waals surface area contributed by atoms with E-state index >= 15 is 0 Å². The van der Waals surface area contributed by atoms with Crippen LogP contribution in [0.2, 0.25) is 0 Å². The summed E-state index contributed by atoms with van der Waals surface area (Å²) in [6, 6.07) is 0. The molecule has 5 nitrogen and oxygen atoms in total. The Bertz CT molecular complexity index is 460. The van der Waals surface area contributed by atoms with Gasteiger partial charge in [0.15, 0.2) is 12.1 Å². The first-order chi connectivity index (χ1) is 10.3. The van der Waals surface area contributed by atoms with E-state index in [1.54, 1.807) is 19.9 Å². The van der Waals surface area contributed by atoms with E-state index in [1.165, 1.54) is 6.08 Å². The molecule has 2 rings (SSSR count). The topological polar surface area (TPSA) is 72.8 Å². The van der Waals surface area contributed by atoms with Crippen molar-refractivity contribution in [3.05, 3.63) is 12.2 Å². The van der Waals surface area contributed by atoms with Crippen LogP contribution in [0.3, 0.4) is 0 Å². The Morgan fingerprint density at radius 3 is 2.55 bits per heavy atom. The molecule has 0 radical (unpaired) electrons. The number of hydrogen-bond donors (Lipinski definition) is 1. The highest BCUT2D eigenvalue weighted by Gasteiger charge is 2.48. The zero-order valence-electron chi connectivity index (χ0n) is 13.6. The number of fused-ring (bicyclic) bond motifs is 1. The lowest BCUT2D eigenvalue weighted by Crippen LogP contribution is -2.57. The van der Waals surface area contributed by atoms with Crippen molar-refractivity contribution in [3.63, 3.8) is 0 Å². The Morgan fingerprint density at radius 2 is 1.91 bits per heavy atom. The van der Waals surface area contributed by atoms with Crippen LogP contribution in [0, 0.1) is 0 Å². The Labute approximate surface area is 131 Å². The number of ketones is 1. The molecule has 0 spiro atoms. The number of allylic oxidation sites excluding steroid dienone is 2. The molecule has 2 saturated heterocycles. The molecule has 2 heterocycles. The van der Waals surface area contributed by atoms with Crippen molar-refractivity contribution in [2.75, 3.05) is 0 Å². The number of aliphatic hydroxyl groups is 1. The maximum atomic E-state index is 11.7. The monoisotopic (exact) mass is 310 g/mol. The van der Waals surface area contributed by atoms with Crippen LogP contribution in [-0.2, 0) is 19.1 Å². The van der Waals surface area contributed by atoms with Crippen LogP contribution in [0.15, 0.2) is 12.2 Å². The second-order valence-corrected chi connectivity index (χ2v) is 6.82. The van der Waals surface area contributed by atoms with Crippen LogP contribution in [-0.4, -0.2) is 46.7 Å². The van der Waals surface area contributed by atoms with E-state index in [2.05, 4.69) is 0 Å². The van der Waals surface area contributed by atoms with Crippen molar-refractivity contribution < 1.29 is 24.2 Å². The van der Waals surface area contributed by atoms with Gasteiger partial charge in [-0.1, -0.05) is 6.08 Å². The lowest BCUT2D eigenvalue weighted by molar-refractivity contribution is -0.254. The van der Waals surface area contributed by atoms with Gasteiger partial charge in [0.2, 0.25) is 0 Å². The van der Waals surface area contributed by atoms with E-state index < -0.39 is 17.3 Å². The van der Waals surface area contributed by atoms with Gasteiger partial charge < -0.3 is 19.4 Å². The summed E-state index contributed by atoms with van der Waals surface area (Å²) < 4.78 is 12.0.